The Morgan fingerprint density at radius 1 is 1.22 bits per heavy atom. The van der Waals surface area contributed by atoms with E-state index in [0.717, 1.165) is 14.2 Å². The van der Waals surface area contributed by atoms with Crippen molar-refractivity contribution in [3.05, 3.63) is 40.3 Å². The number of hydrogen-bond donors (Lipinski definition) is 1. The van der Waals surface area contributed by atoms with E-state index in [0.29, 0.717) is 12.1 Å². The highest BCUT2D eigenvalue weighted by atomic mass is 35.5. The third kappa shape index (κ3) is 4.85. The zero-order valence-corrected chi connectivity index (χ0v) is 12.5. The number of hydrogen-bond acceptors (Lipinski definition) is 5. The lowest BCUT2D eigenvalue weighted by molar-refractivity contribution is -0.138. The van der Waals surface area contributed by atoms with Crippen LogP contribution in [0, 0.1) is 5.82 Å². The van der Waals surface area contributed by atoms with Crippen LogP contribution in [0.2, 0.25) is 5.02 Å². The number of rotatable bonds is 4. The maximum absolute atomic E-state index is 13.4. The molecule has 10 heteroatoms. The third-order valence-corrected chi connectivity index (χ3v) is 2.89. The van der Waals surface area contributed by atoms with Crippen molar-refractivity contribution >= 4 is 29.2 Å². The second-order valence-electron chi connectivity index (χ2n) is 4.01. The number of halogens is 5. The summed E-state index contributed by atoms with van der Waals surface area (Å²) in [7, 11) is 1.99. The fourth-order valence-corrected chi connectivity index (χ4v) is 1.73. The minimum absolute atomic E-state index is 0.204. The van der Waals surface area contributed by atoms with E-state index in [9.17, 15) is 27.2 Å². The second kappa shape index (κ2) is 7.32. The van der Waals surface area contributed by atoms with Gasteiger partial charge in [-0.1, -0.05) is 11.6 Å². The van der Waals surface area contributed by atoms with Gasteiger partial charge in [-0.05, 0) is 12.1 Å². The molecule has 0 aromatic heterocycles. The van der Waals surface area contributed by atoms with Crippen molar-refractivity contribution in [1.82, 2.24) is 0 Å². The standard InChI is InChI=1S/C13H10ClF4NO4/c1-22-10(20)5-9(12(21)23-2)19-8-4-6(15)3-7(11(8)14)13(16,17)18/h3-5,19H,1-2H3/b9-5+. The van der Waals surface area contributed by atoms with Crippen molar-refractivity contribution < 1.29 is 36.6 Å². The van der Waals surface area contributed by atoms with E-state index in [-0.39, 0.29) is 6.07 Å². The van der Waals surface area contributed by atoms with Crippen LogP contribution in [0.15, 0.2) is 23.9 Å². The summed E-state index contributed by atoms with van der Waals surface area (Å²) in [5, 5.41) is 1.25. The molecule has 0 aliphatic rings. The zero-order valence-electron chi connectivity index (χ0n) is 11.8. The predicted molar refractivity (Wildman–Crippen MR) is 72.1 cm³/mol. The first kappa shape index (κ1) is 18.8. The van der Waals surface area contributed by atoms with Crippen LogP contribution in [-0.4, -0.2) is 26.2 Å². The molecule has 0 aliphatic carbocycles. The predicted octanol–water partition coefficient (Wildman–Crippen LogP) is 3.14. The van der Waals surface area contributed by atoms with Gasteiger partial charge >= 0.3 is 18.1 Å². The molecule has 126 valence electrons. The summed E-state index contributed by atoms with van der Waals surface area (Å²) >= 11 is 5.58. The number of nitrogens with one attached hydrogen (secondary N) is 1. The molecule has 0 saturated heterocycles. The number of benzene rings is 1. The highest BCUT2D eigenvalue weighted by Gasteiger charge is 2.35. The summed E-state index contributed by atoms with van der Waals surface area (Å²) in [6, 6.07) is 0.834. The molecular weight excluding hydrogens is 346 g/mol. The Hall–Kier alpha value is -2.29. The minimum atomic E-state index is -4.91. The molecule has 1 aromatic carbocycles. The Balaban J connectivity index is 3.35. The van der Waals surface area contributed by atoms with Crippen LogP contribution in [0.1, 0.15) is 5.56 Å². The van der Waals surface area contributed by atoms with Crippen molar-refractivity contribution in [2.24, 2.45) is 0 Å². The fourth-order valence-electron chi connectivity index (χ4n) is 1.46. The Labute approximate surface area is 132 Å². The Kier molecular flexibility index (Phi) is 5.97. The summed E-state index contributed by atoms with van der Waals surface area (Å²) in [4.78, 5) is 22.7. The van der Waals surface area contributed by atoms with E-state index in [1.165, 1.54) is 0 Å². The van der Waals surface area contributed by atoms with Crippen LogP contribution in [0.25, 0.3) is 0 Å². The summed E-state index contributed by atoms with van der Waals surface area (Å²) < 4.78 is 60.4. The van der Waals surface area contributed by atoms with Crippen LogP contribution < -0.4 is 5.32 Å². The smallest absolute Gasteiger partial charge is 0.418 e. The lowest BCUT2D eigenvalue weighted by Gasteiger charge is -2.15. The van der Waals surface area contributed by atoms with E-state index >= 15 is 0 Å². The molecule has 1 N–H and O–H groups in total. The van der Waals surface area contributed by atoms with Crippen molar-refractivity contribution in [3.63, 3.8) is 0 Å². The van der Waals surface area contributed by atoms with Gasteiger partial charge in [0.25, 0.3) is 0 Å². The first-order chi connectivity index (χ1) is 10.6. The summed E-state index contributed by atoms with van der Waals surface area (Å²) in [5.41, 5.74) is -2.59. The van der Waals surface area contributed by atoms with E-state index in [4.69, 9.17) is 11.6 Å². The number of ether oxygens (including phenoxy) is 2. The molecule has 0 bridgehead atoms. The lowest BCUT2D eigenvalue weighted by Crippen LogP contribution is -2.17. The molecule has 0 fully saturated rings. The summed E-state index contributed by atoms with van der Waals surface area (Å²) in [6.45, 7) is 0. The van der Waals surface area contributed by atoms with E-state index < -0.39 is 45.9 Å². The molecule has 0 radical (unpaired) electrons. The van der Waals surface area contributed by atoms with Crippen molar-refractivity contribution in [2.75, 3.05) is 19.5 Å². The number of carbonyl (C=O) groups excluding carboxylic acids is 2. The largest absolute Gasteiger partial charge is 0.466 e. The average molecular weight is 356 g/mol. The SMILES string of the molecule is COC(=O)/C=C(/Nc1cc(F)cc(C(F)(F)F)c1Cl)C(=O)OC. The Bertz CT molecular complexity index is 658. The van der Waals surface area contributed by atoms with Crippen LogP contribution in [0.5, 0.6) is 0 Å². The molecule has 0 aliphatic heterocycles. The van der Waals surface area contributed by atoms with Crippen LogP contribution >= 0.6 is 11.6 Å². The lowest BCUT2D eigenvalue weighted by atomic mass is 10.1. The van der Waals surface area contributed by atoms with Gasteiger partial charge in [0.05, 0.1) is 36.6 Å². The van der Waals surface area contributed by atoms with Gasteiger partial charge in [0.1, 0.15) is 11.5 Å². The third-order valence-electron chi connectivity index (χ3n) is 2.48. The van der Waals surface area contributed by atoms with Gasteiger partial charge in [-0.2, -0.15) is 13.2 Å². The maximum atomic E-state index is 13.4. The van der Waals surface area contributed by atoms with E-state index in [2.05, 4.69) is 14.8 Å². The zero-order chi connectivity index (χ0) is 17.8. The maximum Gasteiger partial charge on any atom is 0.418 e. The molecule has 1 rings (SSSR count). The van der Waals surface area contributed by atoms with E-state index in [1.807, 2.05) is 0 Å². The fraction of sp³-hybridized carbons (Fsp3) is 0.231. The van der Waals surface area contributed by atoms with Gasteiger partial charge in [-0.3, -0.25) is 0 Å². The number of anilines is 1. The normalized spacial score (nSPS) is 11.9. The van der Waals surface area contributed by atoms with Gasteiger partial charge < -0.3 is 14.8 Å². The first-order valence-corrected chi connectivity index (χ1v) is 6.19. The van der Waals surface area contributed by atoms with Gasteiger partial charge in [0.15, 0.2) is 0 Å². The molecule has 1 aromatic rings. The van der Waals surface area contributed by atoms with Crippen LogP contribution in [0.4, 0.5) is 23.2 Å². The summed E-state index contributed by atoms with van der Waals surface area (Å²) in [5.74, 6) is -3.32. The Morgan fingerprint density at radius 2 is 1.83 bits per heavy atom. The van der Waals surface area contributed by atoms with E-state index in [1.54, 1.807) is 0 Å². The molecule has 0 amide bonds. The molecule has 23 heavy (non-hydrogen) atoms. The van der Waals surface area contributed by atoms with Crippen LogP contribution in [-0.2, 0) is 25.2 Å². The highest BCUT2D eigenvalue weighted by molar-refractivity contribution is 6.34. The molecule has 5 nitrogen and oxygen atoms in total. The number of methoxy groups -OCH3 is 2. The van der Waals surface area contributed by atoms with Gasteiger partial charge in [-0.15, -0.1) is 0 Å². The average Bonchev–Trinajstić information content (AvgIpc) is 2.47. The molecule has 0 unspecified atom stereocenters. The van der Waals surface area contributed by atoms with Crippen molar-refractivity contribution in [1.29, 1.82) is 0 Å². The highest BCUT2D eigenvalue weighted by Crippen LogP contribution is 2.39. The number of alkyl halides is 3. The topological polar surface area (TPSA) is 64.6 Å². The second-order valence-corrected chi connectivity index (χ2v) is 4.39. The van der Waals surface area contributed by atoms with Gasteiger partial charge in [-0.25, -0.2) is 14.0 Å². The van der Waals surface area contributed by atoms with Gasteiger partial charge in [0, 0.05) is 0 Å². The molecule has 0 heterocycles. The minimum Gasteiger partial charge on any atom is -0.466 e. The quantitative estimate of drug-likeness (QED) is 0.510. The van der Waals surface area contributed by atoms with Crippen LogP contribution in [0.3, 0.4) is 0 Å². The molecule has 0 spiro atoms. The number of esters is 2. The summed E-state index contributed by atoms with van der Waals surface area (Å²) in [6.07, 6.45) is -4.28. The number of carbonyl (C=O) groups is 2. The van der Waals surface area contributed by atoms with Crippen molar-refractivity contribution in [3.8, 4) is 0 Å². The molecular formula is C13H10ClF4NO4. The molecule has 0 saturated carbocycles. The van der Waals surface area contributed by atoms with Crippen molar-refractivity contribution in [2.45, 2.75) is 6.18 Å². The first-order valence-electron chi connectivity index (χ1n) is 5.81. The van der Waals surface area contributed by atoms with Gasteiger partial charge in [0.2, 0.25) is 0 Å². The molecule has 0 atom stereocenters. The monoisotopic (exact) mass is 355 g/mol. The Morgan fingerprint density at radius 3 is 2.30 bits per heavy atom.